The van der Waals surface area contributed by atoms with Crippen molar-refractivity contribution in [3.63, 3.8) is 0 Å². The van der Waals surface area contributed by atoms with Gasteiger partial charge < -0.3 is 33.8 Å². The van der Waals surface area contributed by atoms with E-state index in [4.69, 9.17) is 37.0 Å². The Labute approximate surface area is 543 Å². The molecule has 0 amide bonds. The minimum absolute atomic E-state index is 0.107. The van der Waals surface area contributed by atoms with Gasteiger partial charge in [0.05, 0.1) is 26.4 Å². The first kappa shape index (κ1) is 87.1. The summed E-state index contributed by atoms with van der Waals surface area (Å²) in [6, 6.07) is 0. The van der Waals surface area contributed by atoms with E-state index in [-0.39, 0.29) is 25.7 Å². The Morgan fingerprint density at radius 3 is 0.764 bits per heavy atom. The zero-order chi connectivity index (χ0) is 65.6. The number of carbonyl (C=O) groups excluding carboxylic acids is 4. The van der Waals surface area contributed by atoms with E-state index in [1.54, 1.807) is 0 Å². The average molecular weight is 1310 g/mol. The number of aliphatic hydroxyl groups is 1. The van der Waals surface area contributed by atoms with Gasteiger partial charge in [-0.2, -0.15) is 0 Å². The topological polar surface area (TPSA) is 237 Å². The molecular formula is C70H136O17P2. The molecule has 0 bridgehead atoms. The van der Waals surface area contributed by atoms with Crippen LogP contribution in [0.3, 0.4) is 0 Å². The highest BCUT2D eigenvalue weighted by atomic mass is 31.2. The van der Waals surface area contributed by atoms with E-state index in [9.17, 15) is 43.2 Å². The second kappa shape index (κ2) is 63.5. The molecule has 2 unspecified atom stereocenters. The van der Waals surface area contributed by atoms with Gasteiger partial charge in [-0.1, -0.05) is 311 Å². The normalized spacial score (nSPS) is 14.1. The second-order valence-electron chi connectivity index (χ2n) is 25.7. The molecule has 0 aliphatic carbocycles. The van der Waals surface area contributed by atoms with Crippen LogP contribution in [0.1, 0.15) is 362 Å². The van der Waals surface area contributed by atoms with Gasteiger partial charge in [-0.05, 0) is 31.6 Å². The fourth-order valence-electron chi connectivity index (χ4n) is 10.6. The summed E-state index contributed by atoms with van der Waals surface area (Å²) in [6.07, 6.45) is 49.9. The number of esters is 4. The van der Waals surface area contributed by atoms with E-state index in [2.05, 4.69) is 34.6 Å². The molecule has 0 aromatic rings. The van der Waals surface area contributed by atoms with Crippen molar-refractivity contribution in [3.8, 4) is 0 Å². The van der Waals surface area contributed by atoms with Crippen molar-refractivity contribution in [1.29, 1.82) is 0 Å². The fraction of sp³-hybridized carbons (Fsp3) is 0.943. The third-order valence-corrected chi connectivity index (χ3v) is 18.2. The van der Waals surface area contributed by atoms with Gasteiger partial charge in [0.25, 0.3) is 0 Å². The molecule has 0 saturated carbocycles. The van der Waals surface area contributed by atoms with E-state index in [0.717, 1.165) is 102 Å². The molecule has 0 aromatic heterocycles. The van der Waals surface area contributed by atoms with Gasteiger partial charge in [0.15, 0.2) is 12.2 Å². The number of unbranched alkanes of at least 4 members (excludes halogenated alkanes) is 42. The Morgan fingerprint density at radius 2 is 0.517 bits per heavy atom. The van der Waals surface area contributed by atoms with Gasteiger partial charge in [0.2, 0.25) is 0 Å². The third kappa shape index (κ3) is 64.6. The monoisotopic (exact) mass is 1310 g/mol. The lowest BCUT2D eigenvalue weighted by molar-refractivity contribution is -0.161. The molecule has 89 heavy (non-hydrogen) atoms. The number of phosphoric ester groups is 2. The number of hydrogen-bond acceptors (Lipinski definition) is 15. The predicted octanol–water partition coefficient (Wildman–Crippen LogP) is 20.1. The van der Waals surface area contributed by atoms with Crippen molar-refractivity contribution in [1.82, 2.24) is 0 Å². The summed E-state index contributed by atoms with van der Waals surface area (Å²) in [4.78, 5) is 72.4. The molecule has 0 radical (unpaired) electrons. The molecule has 3 N–H and O–H groups in total. The summed E-state index contributed by atoms with van der Waals surface area (Å²) in [5.41, 5.74) is 0. The lowest BCUT2D eigenvalue weighted by Gasteiger charge is -2.21. The van der Waals surface area contributed by atoms with Crippen molar-refractivity contribution >= 4 is 39.5 Å². The van der Waals surface area contributed by atoms with Gasteiger partial charge in [-0.25, -0.2) is 9.13 Å². The summed E-state index contributed by atoms with van der Waals surface area (Å²) in [7, 11) is -9.89. The molecule has 0 aromatic carbocycles. The first-order valence-electron chi connectivity index (χ1n) is 36.6. The maximum absolute atomic E-state index is 13.0. The summed E-state index contributed by atoms with van der Waals surface area (Å²) in [5.74, 6) is -1.35. The van der Waals surface area contributed by atoms with E-state index < -0.39 is 97.5 Å². The van der Waals surface area contributed by atoms with Crippen molar-refractivity contribution in [3.05, 3.63) is 0 Å². The zero-order valence-electron chi connectivity index (χ0n) is 57.6. The van der Waals surface area contributed by atoms with Gasteiger partial charge in [-0.15, -0.1) is 0 Å². The number of hydrogen-bond donors (Lipinski definition) is 3. The number of ether oxygens (including phenoxy) is 4. The molecule has 0 heterocycles. The predicted molar refractivity (Wildman–Crippen MR) is 358 cm³/mol. The fourth-order valence-corrected chi connectivity index (χ4v) is 12.2. The lowest BCUT2D eigenvalue weighted by Crippen LogP contribution is -2.30. The molecule has 19 heteroatoms. The van der Waals surface area contributed by atoms with Crippen LogP contribution in [0.15, 0.2) is 0 Å². The van der Waals surface area contributed by atoms with Gasteiger partial charge >= 0.3 is 39.5 Å². The number of rotatable bonds is 70. The molecular weight excluding hydrogens is 1170 g/mol. The van der Waals surface area contributed by atoms with Gasteiger partial charge in [0, 0.05) is 25.7 Å². The van der Waals surface area contributed by atoms with Crippen LogP contribution in [0.5, 0.6) is 0 Å². The first-order valence-corrected chi connectivity index (χ1v) is 39.6. The van der Waals surface area contributed by atoms with Crippen LogP contribution in [0, 0.1) is 5.92 Å². The van der Waals surface area contributed by atoms with E-state index in [1.807, 2.05) is 0 Å². The summed E-state index contributed by atoms with van der Waals surface area (Å²) in [5, 5.41) is 10.6. The molecule has 0 spiro atoms. The number of phosphoric acid groups is 2. The van der Waals surface area contributed by atoms with Crippen molar-refractivity contribution in [2.75, 3.05) is 39.6 Å². The highest BCUT2D eigenvalue weighted by Crippen LogP contribution is 2.45. The van der Waals surface area contributed by atoms with Crippen LogP contribution >= 0.6 is 15.6 Å². The minimum atomic E-state index is -4.95. The van der Waals surface area contributed by atoms with Crippen LogP contribution in [0.4, 0.5) is 0 Å². The molecule has 0 aliphatic heterocycles. The first-order chi connectivity index (χ1) is 43.0. The maximum atomic E-state index is 13.0. The second-order valence-corrected chi connectivity index (χ2v) is 28.7. The SMILES string of the molecule is CCCCCCCCCCCCCCCCCCC(=O)O[C@H](COC(=O)CCCCCCCCCCCCCC(C)C)COP(=O)(O)OC[C@@H](O)COP(=O)(O)OC[C@@H](COC(=O)CCCCCCCCCC)OC(=O)CCCCCCCCCCCCC. The third-order valence-electron chi connectivity index (χ3n) is 16.3. The minimum Gasteiger partial charge on any atom is -0.462 e. The number of aliphatic hydroxyl groups excluding tert-OH is 1. The molecule has 17 nitrogen and oxygen atoms in total. The standard InChI is InChI=1S/C70H136O17P2/c1-6-9-12-15-18-21-23-24-25-26-27-31-36-41-46-51-56-70(75)87-66(60-81-68(73)54-49-44-39-34-32-28-30-33-37-42-47-52-63(4)5)62-85-89(78,79)83-58-64(71)57-82-88(76,77)84-61-65(59-80-67(72)53-48-43-38-20-17-14-11-8-3)86-69(74)55-50-45-40-35-29-22-19-16-13-10-7-2/h63-66,71H,6-62H2,1-5H3,(H,76,77)(H,78,79)/t64-,65+,66+/m0/s1. The molecule has 0 rings (SSSR count). The van der Waals surface area contributed by atoms with Crippen LogP contribution in [-0.4, -0.2) is 96.7 Å². The van der Waals surface area contributed by atoms with Crippen molar-refractivity contribution in [2.45, 2.75) is 380 Å². The zero-order valence-corrected chi connectivity index (χ0v) is 59.4. The van der Waals surface area contributed by atoms with Crippen LogP contribution in [0.2, 0.25) is 0 Å². The largest absolute Gasteiger partial charge is 0.472 e. The Morgan fingerprint density at radius 1 is 0.303 bits per heavy atom. The molecule has 0 saturated heterocycles. The van der Waals surface area contributed by atoms with Crippen molar-refractivity contribution < 1.29 is 80.2 Å². The summed E-state index contributed by atoms with van der Waals surface area (Å²) >= 11 is 0. The average Bonchev–Trinajstić information content (AvgIpc) is 3.53. The Bertz CT molecular complexity index is 1720. The Balaban J connectivity index is 5.22. The van der Waals surface area contributed by atoms with Gasteiger partial charge in [-0.3, -0.25) is 37.3 Å². The Kier molecular flexibility index (Phi) is 62.1. The van der Waals surface area contributed by atoms with Crippen LogP contribution < -0.4 is 0 Å². The maximum Gasteiger partial charge on any atom is 0.472 e. The quantitative estimate of drug-likeness (QED) is 0.0222. The van der Waals surface area contributed by atoms with E-state index >= 15 is 0 Å². The van der Waals surface area contributed by atoms with Crippen LogP contribution in [-0.2, 0) is 65.4 Å². The lowest BCUT2D eigenvalue weighted by atomic mass is 10.0. The van der Waals surface area contributed by atoms with Crippen LogP contribution in [0.25, 0.3) is 0 Å². The van der Waals surface area contributed by atoms with E-state index in [1.165, 1.54) is 180 Å². The summed E-state index contributed by atoms with van der Waals surface area (Å²) in [6.45, 7) is 7.23. The molecule has 0 fully saturated rings. The molecule has 0 aliphatic rings. The molecule has 5 atom stereocenters. The molecule has 528 valence electrons. The smallest absolute Gasteiger partial charge is 0.462 e. The van der Waals surface area contributed by atoms with E-state index in [0.29, 0.717) is 25.7 Å². The highest BCUT2D eigenvalue weighted by Gasteiger charge is 2.30. The number of carbonyl (C=O) groups is 4. The van der Waals surface area contributed by atoms with Crippen molar-refractivity contribution in [2.24, 2.45) is 5.92 Å². The summed E-state index contributed by atoms with van der Waals surface area (Å²) < 4.78 is 68.2. The Hall–Kier alpha value is -1.94. The van der Waals surface area contributed by atoms with Gasteiger partial charge in [0.1, 0.15) is 19.3 Å². The highest BCUT2D eigenvalue weighted by molar-refractivity contribution is 7.47.